The molecule has 1 aliphatic carbocycles. The van der Waals surface area contributed by atoms with Crippen molar-refractivity contribution in [3.05, 3.63) is 34.9 Å². The summed E-state index contributed by atoms with van der Waals surface area (Å²) < 4.78 is 0. The second kappa shape index (κ2) is 4.26. The highest BCUT2D eigenvalue weighted by Gasteiger charge is 2.43. The van der Waals surface area contributed by atoms with Crippen LogP contribution in [0, 0.1) is 19.3 Å². The second-order valence-corrected chi connectivity index (χ2v) is 5.56. The first-order valence-electron chi connectivity index (χ1n) is 6.33. The van der Waals surface area contributed by atoms with Gasteiger partial charge in [0.25, 0.3) is 0 Å². The highest BCUT2D eigenvalue weighted by atomic mass is 16.1. The third kappa shape index (κ3) is 2.02. The molecule has 92 valence electrons. The van der Waals surface area contributed by atoms with Gasteiger partial charge in [0.2, 0.25) is 0 Å². The Morgan fingerprint density at radius 2 is 2.12 bits per heavy atom. The molecule has 0 aromatic heterocycles. The fourth-order valence-corrected chi connectivity index (χ4v) is 2.76. The maximum Gasteiger partial charge on any atom is 0.170 e. The number of rotatable bonds is 2. The summed E-state index contributed by atoms with van der Waals surface area (Å²) in [6.07, 6.45) is 2.95. The van der Waals surface area contributed by atoms with Crippen LogP contribution in [0.5, 0.6) is 0 Å². The average Bonchev–Trinajstić information content (AvgIpc) is 2.63. The summed E-state index contributed by atoms with van der Waals surface area (Å²) in [5.41, 5.74) is 8.80. The van der Waals surface area contributed by atoms with Gasteiger partial charge in [-0.2, -0.15) is 0 Å². The van der Waals surface area contributed by atoms with Crippen molar-refractivity contribution >= 4 is 5.78 Å². The van der Waals surface area contributed by atoms with Gasteiger partial charge >= 0.3 is 0 Å². The Kier molecular flexibility index (Phi) is 3.09. The van der Waals surface area contributed by atoms with Crippen molar-refractivity contribution in [1.29, 1.82) is 0 Å². The molecule has 2 N–H and O–H groups in total. The molecule has 2 unspecified atom stereocenters. The van der Waals surface area contributed by atoms with E-state index in [4.69, 9.17) is 5.73 Å². The third-order valence-corrected chi connectivity index (χ3v) is 4.19. The Labute approximate surface area is 103 Å². The van der Waals surface area contributed by atoms with Crippen molar-refractivity contribution in [3.63, 3.8) is 0 Å². The second-order valence-electron chi connectivity index (χ2n) is 5.56. The Morgan fingerprint density at radius 3 is 2.71 bits per heavy atom. The summed E-state index contributed by atoms with van der Waals surface area (Å²) in [4.78, 5) is 12.7. The Hall–Kier alpha value is -1.15. The van der Waals surface area contributed by atoms with Crippen molar-refractivity contribution < 1.29 is 4.79 Å². The van der Waals surface area contributed by atoms with Crippen LogP contribution in [0.2, 0.25) is 0 Å². The molecule has 0 bridgehead atoms. The van der Waals surface area contributed by atoms with Crippen LogP contribution in [0.25, 0.3) is 0 Å². The normalized spacial score (nSPS) is 28.4. The summed E-state index contributed by atoms with van der Waals surface area (Å²) in [6, 6.07) is 6.07. The lowest BCUT2D eigenvalue weighted by atomic mass is 9.77. The van der Waals surface area contributed by atoms with Gasteiger partial charge in [0.05, 0.1) is 0 Å². The molecule has 0 amide bonds. The largest absolute Gasteiger partial charge is 0.327 e. The van der Waals surface area contributed by atoms with Crippen molar-refractivity contribution in [3.8, 4) is 0 Å². The van der Waals surface area contributed by atoms with Gasteiger partial charge in [-0.05, 0) is 38.3 Å². The smallest absolute Gasteiger partial charge is 0.170 e. The molecule has 1 fully saturated rings. The maximum absolute atomic E-state index is 12.7. The number of Topliss-reactive ketones (excluding diaryl/α,β-unsaturated/α-hetero) is 1. The number of nitrogens with two attached hydrogens (primary N) is 1. The number of carbonyl (C=O) groups is 1. The first kappa shape index (κ1) is 12.3. The summed E-state index contributed by atoms with van der Waals surface area (Å²) in [6.45, 7) is 6.04. The van der Waals surface area contributed by atoms with E-state index in [0.29, 0.717) is 0 Å². The van der Waals surface area contributed by atoms with E-state index in [1.165, 1.54) is 0 Å². The van der Waals surface area contributed by atoms with Crippen molar-refractivity contribution in [1.82, 2.24) is 0 Å². The van der Waals surface area contributed by atoms with E-state index >= 15 is 0 Å². The first-order valence-corrected chi connectivity index (χ1v) is 6.33. The van der Waals surface area contributed by atoms with E-state index in [9.17, 15) is 4.79 Å². The number of hydrogen-bond donors (Lipinski definition) is 1. The van der Waals surface area contributed by atoms with E-state index in [0.717, 1.165) is 36.0 Å². The Morgan fingerprint density at radius 1 is 1.41 bits per heavy atom. The monoisotopic (exact) mass is 231 g/mol. The predicted octanol–water partition coefficient (Wildman–Crippen LogP) is 3.00. The molecular formula is C15H21NO. The van der Waals surface area contributed by atoms with E-state index < -0.39 is 0 Å². The van der Waals surface area contributed by atoms with Crippen LogP contribution < -0.4 is 5.73 Å². The van der Waals surface area contributed by atoms with E-state index in [1.807, 2.05) is 39.0 Å². The number of ketones is 1. The lowest BCUT2D eigenvalue weighted by molar-refractivity contribution is 0.0802. The number of carbonyl (C=O) groups excluding carboxylic acids is 1. The molecule has 1 aliphatic rings. The SMILES string of the molecule is Cc1ccc(C)c(C(=O)C2(C)CCCC2N)c1. The van der Waals surface area contributed by atoms with Crippen LogP contribution in [0.15, 0.2) is 18.2 Å². The van der Waals surface area contributed by atoms with Gasteiger partial charge in [-0.25, -0.2) is 0 Å². The standard InChI is InChI=1S/C15H21NO/c1-10-6-7-11(2)12(9-10)14(17)15(3)8-4-5-13(15)16/h6-7,9,13H,4-5,8,16H2,1-3H3. The molecule has 1 saturated carbocycles. The summed E-state index contributed by atoms with van der Waals surface area (Å²) in [5, 5.41) is 0. The predicted molar refractivity (Wildman–Crippen MR) is 70.2 cm³/mol. The third-order valence-electron chi connectivity index (χ3n) is 4.19. The highest BCUT2D eigenvalue weighted by Crippen LogP contribution is 2.40. The summed E-state index contributed by atoms with van der Waals surface area (Å²) >= 11 is 0. The zero-order valence-corrected chi connectivity index (χ0v) is 10.9. The average molecular weight is 231 g/mol. The molecule has 1 aromatic carbocycles. The van der Waals surface area contributed by atoms with Gasteiger partial charge in [-0.1, -0.05) is 31.0 Å². The fourth-order valence-electron chi connectivity index (χ4n) is 2.76. The zero-order chi connectivity index (χ0) is 12.6. The fraction of sp³-hybridized carbons (Fsp3) is 0.533. The molecule has 2 nitrogen and oxygen atoms in total. The van der Waals surface area contributed by atoms with Crippen molar-refractivity contribution in [2.24, 2.45) is 11.1 Å². The number of hydrogen-bond acceptors (Lipinski definition) is 2. The van der Waals surface area contributed by atoms with Gasteiger partial charge in [-0.15, -0.1) is 0 Å². The number of aryl methyl sites for hydroxylation is 2. The minimum absolute atomic E-state index is 0.00918. The van der Waals surface area contributed by atoms with E-state index in [1.54, 1.807) is 0 Å². The Balaban J connectivity index is 2.40. The van der Waals surface area contributed by atoms with Gasteiger partial charge in [0.1, 0.15) is 0 Å². The lowest BCUT2D eigenvalue weighted by Gasteiger charge is -2.28. The van der Waals surface area contributed by atoms with Crippen molar-refractivity contribution in [2.45, 2.75) is 46.1 Å². The molecule has 0 saturated heterocycles. The lowest BCUT2D eigenvalue weighted by Crippen LogP contribution is -2.41. The van der Waals surface area contributed by atoms with Crippen molar-refractivity contribution in [2.75, 3.05) is 0 Å². The summed E-state index contributed by atoms with van der Waals surface area (Å²) in [7, 11) is 0. The van der Waals surface area contributed by atoms with Crippen LogP contribution >= 0.6 is 0 Å². The van der Waals surface area contributed by atoms with Gasteiger partial charge in [-0.3, -0.25) is 4.79 Å². The minimum Gasteiger partial charge on any atom is -0.327 e. The highest BCUT2D eigenvalue weighted by molar-refractivity contribution is 6.02. The summed E-state index contributed by atoms with van der Waals surface area (Å²) in [5.74, 6) is 0.226. The van der Waals surface area contributed by atoms with Crippen LogP contribution in [0.4, 0.5) is 0 Å². The van der Waals surface area contributed by atoms with Crippen LogP contribution in [-0.2, 0) is 0 Å². The molecule has 2 atom stereocenters. The number of benzene rings is 1. The topological polar surface area (TPSA) is 43.1 Å². The maximum atomic E-state index is 12.7. The Bertz CT molecular complexity index is 452. The zero-order valence-electron chi connectivity index (χ0n) is 10.9. The van der Waals surface area contributed by atoms with Gasteiger partial charge in [0.15, 0.2) is 5.78 Å². The van der Waals surface area contributed by atoms with Crippen LogP contribution in [-0.4, -0.2) is 11.8 Å². The molecule has 0 radical (unpaired) electrons. The van der Waals surface area contributed by atoms with Crippen LogP contribution in [0.1, 0.15) is 47.7 Å². The van der Waals surface area contributed by atoms with E-state index in [2.05, 4.69) is 0 Å². The van der Waals surface area contributed by atoms with E-state index in [-0.39, 0.29) is 17.2 Å². The van der Waals surface area contributed by atoms with Gasteiger partial charge < -0.3 is 5.73 Å². The quantitative estimate of drug-likeness (QED) is 0.795. The van der Waals surface area contributed by atoms with Crippen LogP contribution in [0.3, 0.4) is 0 Å². The molecule has 0 aliphatic heterocycles. The molecule has 1 aromatic rings. The molecule has 2 heteroatoms. The molecule has 17 heavy (non-hydrogen) atoms. The molecule has 0 heterocycles. The molecular weight excluding hydrogens is 210 g/mol. The minimum atomic E-state index is -0.363. The first-order chi connectivity index (χ1) is 7.95. The van der Waals surface area contributed by atoms with Gasteiger partial charge in [0, 0.05) is 17.0 Å². The molecule has 0 spiro atoms. The molecule has 2 rings (SSSR count).